The number of ether oxygens (including phenoxy) is 1. The number of hydrogen-bond acceptors (Lipinski definition) is 6. The van der Waals surface area contributed by atoms with Gasteiger partial charge in [-0.1, -0.05) is 12.1 Å². The Balaban J connectivity index is 1.96. The Morgan fingerprint density at radius 1 is 1.33 bits per heavy atom. The standard InChI is InChI=1S/C16H14BrN5O2/c1-24-12-7-8(6-9(17)13(12)23)14-20-15(18)21-16-19-10-4-2-3-5-11(10)22(14)16/h2-7,14,23H,1H3,(H3,18,19,20,21)/t14-/m1/s1. The smallest absolute Gasteiger partial charge is 0.212 e. The minimum atomic E-state index is -0.417. The van der Waals surface area contributed by atoms with Gasteiger partial charge in [-0.25, -0.2) is 9.98 Å². The van der Waals surface area contributed by atoms with E-state index in [4.69, 9.17) is 10.5 Å². The molecule has 7 nitrogen and oxygen atoms in total. The van der Waals surface area contributed by atoms with E-state index in [0.717, 1.165) is 16.6 Å². The zero-order chi connectivity index (χ0) is 16.8. The van der Waals surface area contributed by atoms with Crippen molar-refractivity contribution in [3.05, 3.63) is 46.4 Å². The van der Waals surface area contributed by atoms with Crippen LogP contribution in [-0.2, 0) is 0 Å². The van der Waals surface area contributed by atoms with Crippen molar-refractivity contribution in [1.82, 2.24) is 9.55 Å². The number of nitrogens with one attached hydrogen (secondary N) is 1. The van der Waals surface area contributed by atoms with E-state index in [0.29, 0.717) is 16.2 Å². The molecule has 0 amide bonds. The maximum absolute atomic E-state index is 10.0. The van der Waals surface area contributed by atoms with Crippen molar-refractivity contribution in [3.63, 3.8) is 0 Å². The monoisotopic (exact) mass is 387 g/mol. The molecule has 24 heavy (non-hydrogen) atoms. The number of halogens is 1. The van der Waals surface area contributed by atoms with Crippen LogP contribution in [0.25, 0.3) is 11.0 Å². The van der Waals surface area contributed by atoms with Gasteiger partial charge in [0, 0.05) is 5.56 Å². The van der Waals surface area contributed by atoms with E-state index >= 15 is 0 Å². The minimum Gasteiger partial charge on any atom is -0.503 e. The molecule has 4 N–H and O–H groups in total. The molecule has 0 unspecified atom stereocenters. The highest BCUT2D eigenvalue weighted by atomic mass is 79.9. The quantitative estimate of drug-likeness (QED) is 0.627. The summed E-state index contributed by atoms with van der Waals surface area (Å²) in [6.45, 7) is 0. The number of hydrogen-bond donors (Lipinski definition) is 3. The number of aromatic nitrogens is 2. The number of anilines is 1. The summed E-state index contributed by atoms with van der Waals surface area (Å²) in [5, 5.41) is 13.0. The molecule has 0 aliphatic carbocycles. The van der Waals surface area contributed by atoms with Gasteiger partial charge in [-0.3, -0.25) is 9.88 Å². The SMILES string of the molecule is COc1cc([C@@H]2N=C(N)Nc3nc4ccccc4n32)cc(Br)c1O. The van der Waals surface area contributed by atoms with Crippen molar-refractivity contribution in [2.24, 2.45) is 10.7 Å². The molecule has 0 radical (unpaired) electrons. The first-order valence-corrected chi connectivity index (χ1v) is 8.01. The Hall–Kier alpha value is -2.74. The molecular weight excluding hydrogens is 374 g/mol. The molecule has 0 spiro atoms. The van der Waals surface area contributed by atoms with E-state index in [-0.39, 0.29) is 11.7 Å². The molecule has 0 bridgehead atoms. The molecule has 2 heterocycles. The van der Waals surface area contributed by atoms with Gasteiger partial charge in [-0.2, -0.15) is 0 Å². The summed E-state index contributed by atoms with van der Waals surface area (Å²) in [7, 11) is 1.50. The number of rotatable bonds is 2. The average Bonchev–Trinajstić information content (AvgIpc) is 2.94. The van der Waals surface area contributed by atoms with Crippen LogP contribution < -0.4 is 15.8 Å². The lowest BCUT2D eigenvalue weighted by molar-refractivity contribution is 0.370. The lowest BCUT2D eigenvalue weighted by atomic mass is 10.1. The lowest BCUT2D eigenvalue weighted by Crippen LogP contribution is -2.31. The number of aliphatic imine (C=N–C) groups is 1. The highest BCUT2D eigenvalue weighted by Gasteiger charge is 2.26. The summed E-state index contributed by atoms with van der Waals surface area (Å²) in [5.74, 6) is 1.31. The number of phenolic OH excluding ortho intramolecular Hbond substituents is 1. The van der Waals surface area contributed by atoms with Gasteiger partial charge < -0.3 is 15.6 Å². The molecule has 2 aromatic carbocycles. The van der Waals surface area contributed by atoms with Crippen molar-refractivity contribution in [2.75, 3.05) is 12.4 Å². The lowest BCUT2D eigenvalue weighted by Gasteiger charge is -2.24. The fraction of sp³-hybridized carbons (Fsp3) is 0.125. The number of nitrogens with two attached hydrogens (primary N) is 1. The van der Waals surface area contributed by atoms with Crippen LogP contribution in [0.2, 0.25) is 0 Å². The van der Waals surface area contributed by atoms with Crippen LogP contribution in [0.5, 0.6) is 11.5 Å². The van der Waals surface area contributed by atoms with Crippen LogP contribution in [0.15, 0.2) is 45.9 Å². The van der Waals surface area contributed by atoms with Gasteiger partial charge in [-0.05, 0) is 40.2 Å². The first-order chi connectivity index (χ1) is 11.6. The topological polar surface area (TPSA) is 97.7 Å². The molecular formula is C16H14BrN5O2. The number of aromatic hydroxyl groups is 1. The van der Waals surface area contributed by atoms with Crippen molar-refractivity contribution < 1.29 is 9.84 Å². The van der Waals surface area contributed by atoms with E-state index in [1.54, 1.807) is 12.1 Å². The van der Waals surface area contributed by atoms with Gasteiger partial charge in [0.1, 0.15) is 0 Å². The first kappa shape index (κ1) is 14.8. The number of benzene rings is 2. The molecule has 1 aliphatic rings. The van der Waals surface area contributed by atoms with Gasteiger partial charge in [-0.15, -0.1) is 0 Å². The van der Waals surface area contributed by atoms with Crippen LogP contribution in [0, 0.1) is 0 Å². The number of nitrogens with zero attached hydrogens (tertiary/aromatic N) is 3. The van der Waals surface area contributed by atoms with Gasteiger partial charge >= 0.3 is 0 Å². The Labute approximate surface area is 145 Å². The van der Waals surface area contributed by atoms with E-state index in [9.17, 15) is 5.11 Å². The second-order valence-corrected chi connectivity index (χ2v) is 6.22. The predicted molar refractivity (Wildman–Crippen MR) is 95.5 cm³/mol. The van der Waals surface area contributed by atoms with Crippen LogP contribution in [0.3, 0.4) is 0 Å². The van der Waals surface area contributed by atoms with Crippen molar-refractivity contribution in [1.29, 1.82) is 0 Å². The summed E-state index contributed by atoms with van der Waals surface area (Å²) < 4.78 is 7.73. The molecule has 0 saturated heterocycles. The van der Waals surface area contributed by atoms with Gasteiger partial charge in [0.2, 0.25) is 5.95 Å². The second-order valence-electron chi connectivity index (χ2n) is 5.36. The Morgan fingerprint density at radius 3 is 2.92 bits per heavy atom. The van der Waals surface area contributed by atoms with E-state index in [1.807, 2.05) is 28.8 Å². The van der Waals surface area contributed by atoms with E-state index in [1.165, 1.54) is 7.11 Å². The van der Waals surface area contributed by atoms with Gasteiger partial charge in [0.15, 0.2) is 23.6 Å². The second kappa shape index (κ2) is 5.41. The molecule has 1 aromatic heterocycles. The zero-order valence-electron chi connectivity index (χ0n) is 12.7. The minimum absolute atomic E-state index is 0.0443. The third-order valence-electron chi connectivity index (χ3n) is 3.91. The third-order valence-corrected chi connectivity index (χ3v) is 4.51. The van der Waals surface area contributed by atoms with Crippen molar-refractivity contribution in [3.8, 4) is 11.5 Å². The predicted octanol–water partition coefficient (Wildman–Crippen LogP) is 2.80. The number of fused-ring (bicyclic) bond motifs is 3. The summed E-state index contributed by atoms with van der Waals surface area (Å²) in [6, 6.07) is 11.3. The fourth-order valence-corrected chi connectivity index (χ4v) is 3.30. The van der Waals surface area contributed by atoms with Crippen LogP contribution in [0.4, 0.5) is 5.95 Å². The largest absolute Gasteiger partial charge is 0.503 e. The van der Waals surface area contributed by atoms with Gasteiger partial charge in [0.05, 0.1) is 22.6 Å². The number of phenols is 1. The van der Waals surface area contributed by atoms with E-state index < -0.39 is 6.17 Å². The molecule has 1 atom stereocenters. The highest BCUT2D eigenvalue weighted by Crippen LogP contribution is 2.40. The van der Waals surface area contributed by atoms with Crippen LogP contribution in [0.1, 0.15) is 11.7 Å². The molecule has 1 aliphatic heterocycles. The summed E-state index contributed by atoms with van der Waals surface area (Å²) in [5.41, 5.74) is 8.52. The van der Waals surface area contributed by atoms with E-state index in [2.05, 4.69) is 31.2 Å². The fourth-order valence-electron chi connectivity index (χ4n) is 2.84. The first-order valence-electron chi connectivity index (χ1n) is 7.22. The van der Waals surface area contributed by atoms with Crippen LogP contribution in [-0.4, -0.2) is 27.7 Å². The van der Waals surface area contributed by atoms with Crippen molar-refractivity contribution >= 4 is 38.9 Å². The molecule has 4 rings (SSSR count). The molecule has 3 aromatic rings. The maximum Gasteiger partial charge on any atom is 0.212 e. The van der Waals surface area contributed by atoms with Crippen LogP contribution >= 0.6 is 15.9 Å². The maximum atomic E-state index is 10.0. The summed E-state index contributed by atoms with van der Waals surface area (Å²) in [6.07, 6.45) is -0.417. The average molecular weight is 388 g/mol. The van der Waals surface area contributed by atoms with Gasteiger partial charge in [0.25, 0.3) is 0 Å². The number of methoxy groups -OCH3 is 1. The number of para-hydroxylation sites is 2. The van der Waals surface area contributed by atoms with Crippen molar-refractivity contribution in [2.45, 2.75) is 6.17 Å². The Kier molecular flexibility index (Phi) is 3.34. The molecule has 8 heteroatoms. The summed E-state index contributed by atoms with van der Waals surface area (Å²) in [4.78, 5) is 9.07. The normalized spacial score (nSPS) is 16.4. The zero-order valence-corrected chi connectivity index (χ0v) is 14.3. The Bertz CT molecular complexity index is 982. The molecule has 122 valence electrons. The molecule has 0 fully saturated rings. The number of imidazole rings is 1. The highest BCUT2D eigenvalue weighted by molar-refractivity contribution is 9.10. The molecule has 0 saturated carbocycles. The number of guanidine groups is 1. The summed E-state index contributed by atoms with van der Waals surface area (Å²) >= 11 is 3.35. The third kappa shape index (κ3) is 2.18. The Morgan fingerprint density at radius 2 is 2.12 bits per heavy atom.